The summed E-state index contributed by atoms with van der Waals surface area (Å²) >= 11 is 1.57. The number of hydrogen-bond donors (Lipinski definition) is 1. The van der Waals surface area contributed by atoms with E-state index < -0.39 is 0 Å². The Morgan fingerprint density at radius 3 is 3.12 bits per heavy atom. The lowest BCUT2D eigenvalue weighted by atomic mass is 9.98. The number of nitrogens with zero attached hydrogens (tertiary/aromatic N) is 1. The van der Waals surface area contributed by atoms with Gasteiger partial charge in [-0.2, -0.15) is 11.8 Å². The van der Waals surface area contributed by atoms with Gasteiger partial charge in [0.2, 0.25) is 5.91 Å². The molecule has 1 fully saturated rings. The van der Waals surface area contributed by atoms with Crippen LogP contribution in [0.3, 0.4) is 0 Å². The summed E-state index contributed by atoms with van der Waals surface area (Å²) in [5.41, 5.74) is 0. The molecule has 0 bridgehead atoms. The summed E-state index contributed by atoms with van der Waals surface area (Å²) in [4.78, 5) is 13.8. The Bertz CT molecular complexity index is 227. The summed E-state index contributed by atoms with van der Waals surface area (Å²) in [5.74, 6) is 1.33. The molecule has 100 valence electrons. The maximum absolute atomic E-state index is 11.4. The van der Waals surface area contributed by atoms with Gasteiger partial charge in [0.15, 0.2) is 0 Å². The number of methoxy groups -OCH3 is 1. The predicted octanol–water partition coefficient (Wildman–Crippen LogP) is 0.824. The largest absolute Gasteiger partial charge is 0.383 e. The Labute approximate surface area is 108 Å². The molecule has 1 rings (SSSR count). The highest BCUT2D eigenvalue weighted by molar-refractivity contribution is 7.99. The van der Waals surface area contributed by atoms with E-state index in [1.807, 2.05) is 6.26 Å². The molecule has 1 amide bonds. The highest BCUT2D eigenvalue weighted by Gasteiger charge is 2.19. The van der Waals surface area contributed by atoms with Gasteiger partial charge in [0.05, 0.1) is 12.4 Å². The Balaban J connectivity index is 2.17. The maximum Gasteiger partial charge on any atom is 0.229 e. The van der Waals surface area contributed by atoms with Crippen LogP contribution in [0.5, 0.6) is 0 Å². The molecule has 1 saturated heterocycles. The average Bonchev–Trinajstić information content (AvgIpc) is 2.35. The normalized spacial score (nSPS) is 21.4. The molecule has 1 N–H and O–H groups in total. The molecular weight excluding hydrogens is 236 g/mol. The maximum atomic E-state index is 11.4. The molecule has 4 nitrogen and oxygen atoms in total. The fourth-order valence-corrected chi connectivity index (χ4v) is 2.55. The molecule has 0 saturated carbocycles. The van der Waals surface area contributed by atoms with Crippen molar-refractivity contribution in [2.75, 3.05) is 51.9 Å². The van der Waals surface area contributed by atoms with Crippen LogP contribution in [0.1, 0.15) is 12.8 Å². The first-order valence-electron chi connectivity index (χ1n) is 6.23. The molecule has 1 aliphatic heterocycles. The van der Waals surface area contributed by atoms with Crippen LogP contribution < -0.4 is 5.32 Å². The lowest BCUT2D eigenvalue weighted by Crippen LogP contribution is -2.42. The first kappa shape index (κ1) is 14.8. The van der Waals surface area contributed by atoms with E-state index in [0.29, 0.717) is 11.7 Å². The van der Waals surface area contributed by atoms with Gasteiger partial charge in [-0.25, -0.2) is 0 Å². The van der Waals surface area contributed by atoms with Crippen molar-refractivity contribution < 1.29 is 9.53 Å². The van der Waals surface area contributed by atoms with Crippen LogP contribution in [-0.4, -0.2) is 62.7 Å². The van der Waals surface area contributed by atoms with Crippen LogP contribution in [0.25, 0.3) is 0 Å². The number of amides is 1. The number of nitrogens with one attached hydrogen (secondary N) is 1. The number of rotatable bonds is 7. The molecule has 5 heteroatoms. The van der Waals surface area contributed by atoms with Gasteiger partial charge in [-0.05, 0) is 31.6 Å². The predicted molar refractivity (Wildman–Crippen MR) is 72.4 cm³/mol. The third kappa shape index (κ3) is 6.29. The van der Waals surface area contributed by atoms with Crippen molar-refractivity contribution in [2.24, 2.45) is 5.92 Å². The molecule has 0 aliphatic carbocycles. The zero-order chi connectivity index (χ0) is 12.5. The monoisotopic (exact) mass is 260 g/mol. The van der Waals surface area contributed by atoms with Gasteiger partial charge in [-0.15, -0.1) is 0 Å². The van der Waals surface area contributed by atoms with Crippen LogP contribution in [0.2, 0.25) is 0 Å². The number of ether oxygens (including phenoxy) is 1. The van der Waals surface area contributed by atoms with Crippen molar-refractivity contribution in [3.8, 4) is 0 Å². The van der Waals surface area contributed by atoms with Crippen molar-refractivity contribution in [1.82, 2.24) is 10.2 Å². The van der Waals surface area contributed by atoms with Crippen LogP contribution in [0, 0.1) is 5.92 Å². The summed E-state index contributed by atoms with van der Waals surface area (Å²) < 4.78 is 5.10. The smallest absolute Gasteiger partial charge is 0.229 e. The van der Waals surface area contributed by atoms with Gasteiger partial charge in [-0.1, -0.05) is 0 Å². The molecule has 1 aliphatic rings. The third-order valence-corrected chi connectivity index (χ3v) is 3.63. The number of carbonyl (C=O) groups is 1. The quantitative estimate of drug-likeness (QED) is 0.736. The molecule has 17 heavy (non-hydrogen) atoms. The zero-order valence-electron chi connectivity index (χ0n) is 10.9. The van der Waals surface area contributed by atoms with E-state index >= 15 is 0 Å². The van der Waals surface area contributed by atoms with Gasteiger partial charge >= 0.3 is 0 Å². The number of piperidine rings is 1. The molecule has 0 unspecified atom stereocenters. The minimum absolute atomic E-state index is 0.159. The Hall–Kier alpha value is -0.260. The first-order valence-corrected chi connectivity index (χ1v) is 7.62. The molecule has 0 spiro atoms. The summed E-state index contributed by atoms with van der Waals surface area (Å²) in [6.07, 6.45) is 4.41. The molecule has 1 heterocycles. The van der Waals surface area contributed by atoms with Gasteiger partial charge in [-0.3, -0.25) is 4.79 Å². The standard InChI is InChI=1S/C12H24N2O2S/c1-16-7-6-14-5-3-4-11(9-14)8-13-12(15)10-17-2/h11H,3-10H2,1-2H3,(H,13,15)/t11-/m0/s1. The van der Waals surface area contributed by atoms with Crippen LogP contribution in [0.15, 0.2) is 0 Å². The highest BCUT2D eigenvalue weighted by atomic mass is 32.2. The second-order valence-electron chi connectivity index (χ2n) is 4.54. The van der Waals surface area contributed by atoms with E-state index in [0.717, 1.165) is 26.2 Å². The molecule has 0 aromatic rings. The van der Waals surface area contributed by atoms with Crippen molar-refractivity contribution in [3.63, 3.8) is 0 Å². The van der Waals surface area contributed by atoms with E-state index in [2.05, 4.69) is 10.2 Å². The van der Waals surface area contributed by atoms with Crippen LogP contribution in [-0.2, 0) is 9.53 Å². The van der Waals surface area contributed by atoms with E-state index in [1.165, 1.54) is 19.4 Å². The number of hydrogen-bond acceptors (Lipinski definition) is 4. The minimum Gasteiger partial charge on any atom is -0.383 e. The first-order chi connectivity index (χ1) is 8.26. The van der Waals surface area contributed by atoms with Gasteiger partial charge in [0.1, 0.15) is 0 Å². The second kappa shape index (κ2) is 8.78. The number of carbonyl (C=O) groups excluding carboxylic acids is 1. The Morgan fingerprint density at radius 1 is 1.59 bits per heavy atom. The zero-order valence-corrected chi connectivity index (χ0v) is 11.7. The molecule has 0 aromatic carbocycles. The lowest BCUT2D eigenvalue weighted by Gasteiger charge is -2.32. The van der Waals surface area contributed by atoms with Crippen LogP contribution >= 0.6 is 11.8 Å². The minimum atomic E-state index is 0.159. The van der Waals surface area contributed by atoms with E-state index in [-0.39, 0.29) is 5.91 Å². The van der Waals surface area contributed by atoms with E-state index in [9.17, 15) is 4.79 Å². The van der Waals surface area contributed by atoms with Crippen LogP contribution in [0.4, 0.5) is 0 Å². The van der Waals surface area contributed by atoms with E-state index in [4.69, 9.17) is 4.74 Å². The summed E-state index contributed by atoms with van der Waals surface area (Å²) in [7, 11) is 1.74. The van der Waals surface area contributed by atoms with Gasteiger partial charge in [0.25, 0.3) is 0 Å². The van der Waals surface area contributed by atoms with Crippen molar-refractivity contribution in [2.45, 2.75) is 12.8 Å². The third-order valence-electron chi connectivity index (χ3n) is 3.08. The number of likely N-dealkylation sites (tertiary alicyclic amines) is 1. The fraction of sp³-hybridized carbons (Fsp3) is 0.917. The number of thioether (sulfide) groups is 1. The molecule has 0 radical (unpaired) electrons. The fourth-order valence-electron chi connectivity index (χ4n) is 2.18. The second-order valence-corrected chi connectivity index (χ2v) is 5.40. The van der Waals surface area contributed by atoms with Gasteiger partial charge < -0.3 is 15.0 Å². The Kier molecular flexibility index (Phi) is 7.64. The SMILES string of the molecule is COCCN1CCC[C@@H](CNC(=O)CSC)C1. The molecular formula is C12H24N2O2S. The van der Waals surface area contributed by atoms with E-state index in [1.54, 1.807) is 18.9 Å². The Morgan fingerprint density at radius 2 is 2.41 bits per heavy atom. The summed E-state index contributed by atoms with van der Waals surface area (Å²) in [5, 5.41) is 3.01. The average molecular weight is 260 g/mol. The highest BCUT2D eigenvalue weighted by Crippen LogP contribution is 2.15. The molecule has 1 atom stereocenters. The van der Waals surface area contributed by atoms with Crippen molar-refractivity contribution in [1.29, 1.82) is 0 Å². The lowest BCUT2D eigenvalue weighted by molar-refractivity contribution is -0.118. The van der Waals surface area contributed by atoms with Gasteiger partial charge in [0, 0.05) is 26.7 Å². The van der Waals surface area contributed by atoms with Crippen molar-refractivity contribution in [3.05, 3.63) is 0 Å². The molecule has 0 aromatic heterocycles. The topological polar surface area (TPSA) is 41.6 Å². The summed E-state index contributed by atoms with van der Waals surface area (Å²) in [6.45, 7) is 4.88. The van der Waals surface area contributed by atoms with Crippen molar-refractivity contribution >= 4 is 17.7 Å². The summed E-state index contributed by atoms with van der Waals surface area (Å²) in [6, 6.07) is 0.